The SMILES string of the molecule is CC(N)=O.COc1ccccc1-c1nnc(CNC(=O)NC(CCCCN)C(=O)O)o1. The summed E-state index contributed by atoms with van der Waals surface area (Å²) >= 11 is 0. The molecule has 31 heavy (non-hydrogen) atoms. The fraction of sp³-hybridized carbons (Fsp3) is 0.421. The van der Waals surface area contributed by atoms with E-state index >= 15 is 0 Å². The first-order valence-corrected chi connectivity index (χ1v) is 9.47. The lowest BCUT2D eigenvalue weighted by Crippen LogP contribution is -2.45. The van der Waals surface area contributed by atoms with Crippen molar-refractivity contribution in [2.24, 2.45) is 11.5 Å². The second kappa shape index (κ2) is 13.5. The van der Waals surface area contributed by atoms with Crippen molar-refractivity contribution in [1.29, 1.82) is 0 Å². The zero-order chi connectivity index (χ0) is 23.2. The molecule has 0 aliphatic heterocycles. The molecule has 12 heteroatoms. The van der Waals surface area contributed by atoms with Gasteiger partial charge < -0.3 is 36.4 Å². The van der Waals surface area contributed by atoms with Crippen molar-refractivity contribution in [3.8, 4) is 17.2 Å². The molecule has 0 saturated heterocycles. The molecule has 1 aromatic carbocycles. The topological polar surface area (TPSA) is 196 Å². The number of carbonyl (C=O) groups excluding carboxylic acids is 2. The standard InChI is InChI=1S/C17H23N5O5.C2H5NO/c1-26-13-8-3-2-6-11(13)15-22-21-14(27-15)10-19-17(25)20-12(16(23)24)7-4-5-9-18;1-2(3)4/h2-3,6,8,12H,4-5,7,9-10,18H2,1H3,(H,23,24)(H2,19,20,25);1H3,(H2,3,4). The van der Waals surface area contributed by atoms with E-state index in [4.69, 9.17) is 20.0 Å². The Hall–Kier alpha value is -3.67. The van der Waals surface area contributed by atoms with E-state index in [2.05, 4.69) is 26.6 Å². The zero-order valence-electron chi connectivity index (χ0n) is 17.5. The van der Waals surface area contributed by atoms with Gasteiger partial charge in [-0.1, -0.05) is 12.1 Å². The lowest BCUT2D eigenvalue weighted by molar-refractivity contribution is -0.139. The van der Waals surface area contributed by atoms with E-state index in [1.807, 2.05) is 12.1 Å². The second-order valence-electron chi connectivity index (χ2n) is 6.31. The number of benzene rings is 1. The van der Waals surface area contributed by atoms with Gasteiger partial charge in [-0.25, -0.2) is 9.59 Å². The molecular formula is C19H28N6O6. The van der Waals surface area contributed by atoms with Gasteiger partial charge in [0.05, 0.1) is 19.2 Å². The molecule has 2 rings (SSSR count). The number of nitrogens with one attached hydrogen (secondary N) is 2. The fourth-order valence-corrected chi connectivity index (χ4v) is 2.37. The minimum Gasteiger partial charge on any atom is -0.496 e. The predicted molar refractivity (Wildman–Crippen MR) is 111 cm³/mol. The molecule has 0 aliphatic carbocycles. The number of hydrogen-bond acceptors (Lipinski definition) is 8. The highest BCUT2D eigenvalue weighted by atomic mass is 16.5. The molecule has 1 unspecified atom stereocenters. The molecule has 1 aromatic heterocycles. The van der Waals surface area contributed by atoms with Crippen molar-refractivity contribution in [1.82, 2.24) is 20.8 Å². The molecule has 7 N–H and O–H groups in total. The molecule has 170 valence electrons. The van der Waals surface area contributed by atoms with Gasteiger partial charge in [0.1, 0.15) is 11.8 Å². The Balaban J connectivity index is 0.00000110. The number of aromatic nitrogens is 2. The molecule has 0 spiro atoms. The molecular weight excluding hydrogens is 408 g/mol. The average Bonchev–Trinajstić information content (AvgIpc) is 3.20. The molecule has 0 bridgehead atoms. The van der Waals surface area contributed by atoms with E-state index in [-0.39, 0.29) is 24.2 Å². The summed E-state index contributed by atoms with van der Waals surface area (Å²) in [5.41, 5.74) is 10.5. The third-order valence-corrected chi connectivity index (χ3v) is 3.75. The Morgan fingerprint density at radius 2 is 1.90 bits per heavy atom. The molecule has 0 fully saturated rings. The molecule has 1 heterocycles. The molecule has 2 aromatic rings. The Bertz CT molecular complexity index is 852. The summed E-state index contributed by atoms with van der Waals surface area (Å²) in [5.74, 6) is -0.408. The summed E-state index contributed by atoms with van der Waals surface area (Å²) in [6.07, 6.45) is 1.61. The number of ether oxygens (including phenoxy) is 1. The highest BCUT2D eigenvalue weighted by Crippen LogP contribution is 2.28. The number of carbonyl (C=O) groups is 3. The first-order chi connectivity index (χ1) is 14.8. The maximum Gasteiger partial charge on any atom is 0.326 e. The van der Waals surface area contributed by atoms with Crippen LogP contribution in [-0.2, 0) is 16.1 Å². The molecule has 0 radical (unpaired) electrons. The van der Waals surface area contributed by atoms with Crippen LogP contribution in [0.25, 0.3) is 11.5 Å². The zero-order valence-corrected chi connectivity index (χ0v) is 17.5. The van der Waals surface area contributed by atoms with Gasteiger partial charge in [0, 0.05) is 6.92 Å². The van der Waals surface area contributed by atoms with Gasteiger partial charge in [0.25, 0.3) is 5.89 Å². The van der Waals surface area contributed by atoms with Crippen LogP contribution in [0.5, 0.6) is 5.75 Å². The highest BCUT2D eigenvalue weighted by Gasteiger charge is 2.20. The van der Waals surface area contributed by atoms with Crippen molar-refractivity contribution < 1.29 is 28.6 Å². The quantitative estimate of drug-likeness (QED) is 0.331. The summed E-state index contributed by atoms with van der Waals surface area (Å²) < 4.78 is 10.8. The number of nitrogens with two attached hydrogens (primary N) is 2. The van der Waals surface area contributed by atoms with E-state index < -0.39 is 18.0 Å². The number of primary amides is 1. The van der Waals surface area contributed by atoms with Crippen LogP contribution in [0.4, 0.5) is 4.79 Å². The number of aliphatic carboxylic acids is 1. The van der Waals surface area contributed by atoms with Crippen molar-refractivity contribution in [3.05, 3.63) is 30.2 Å². The van der Waals surface area contributed by atoms with Gasteiger partial charge in [-0.2, -0.15) is 0 Å². The summed E-state index contributed by atoms with van der Waals surface area (Å²) in [5, 5.41) is 21.9. The number of carboxylic acids is 1. The molecule has 3 amide bonds. The number of urea groups is 1. The normalized spacial score (nSPS) is 10.9. The third kappa shape index (κ3) is 9.58. The van der Waals surface area contributed by atoms with Crippen LogP contribution in [0.15, 0.2) is 28.7 Å². The lowest BCUT2D eigenvalue weighted by Gasteiger charge is -2.14. The summed E-state index contributed by atoms with van der Waals surface area (Å²) in [7, 11) is 1.54. The number of rotatable bonds is 10. The van der Waals surface area contributed by atoms with Crippen molar-refractivity contribution in [2.75, 3.05) is 13.7 Å². The van der Waals surface area contributed by atoms with Crippen LogP contribution in [-0.4, -0.2) is 52.9 Å². The summed E-state index contributed by atoms with van der Waals surface area (Å²) in [6, 6.07) is 5.55. The van der Waals surface area contributed by atoms with Crippen LogP contribution in [0.2, 0.25) is 0 Å². The number of nitrogens with zero attached hydrogens (tertiary/aromatic N) is 2. The first kappa shape index (κ1) is 25.4. The molecule has 12 nitrogen and oxygen atoms in total. The Kier molecular flexibility index (Phi) is 11.1. The first-order valence-electron chi connectivity index (χ1n) is 9.47. The van der Waals surface area contributed by atoms with Crippen LogP contribution >= 0.6 is 0 Å². The van der Waals surface area contributed by atoms with Gasteiger partial charge in [-0.05, 0) is 37.9 Å². The number of methoxy groups -OCH3 is 1. The van der Waals surface area contributed by atoms with Crippen LogP contribution in [0.1, 0.15) is 32.1 Å². The van der Waals surface area contributed by atoms with E-state index in [1.165, 1.54) is 14.0 Å². The van der Waals surface area contributed by atoms with Crippen molar-refractivity contribution in [3.63, 3.8) is 0 Å². The average molecular weight is 436 g/mol. The Morgan fingerprint density at radius 1 is 1.23 bits per heavy atom. The lowest BCUT2D eigenvalue weighted by atomic mass is 10.1. The molecule has 0 saturated carbocycles. The number of hydrogen-bond donors (Lipinski definition) is 5. The smallest absolute Gasteiger partial charge is 0.326 e. The van der Waals surface area contributed by atoms with Crippen LogP contribution in [0.3, 0.4) is 0 Å². The number of amides is 3. The van der Waals surface area contributed by atoms with Gasteiger partial charge in [-0.15, -0.1) is 10.2 Å². The summed E-state index contributed by atoms with van der Waals surface area (Å²) in [4.78, 5) is 32.3. The van der Waals surface area contributed by atoms with E-state index in [0.717, 1.165) is 0 Å². The monoisotopic (exact) mass is 436 g/mol. The number of unbranched alkanes of at least 4 members (excludes halogenated alkanes) is 1. The van der Waals surface area contributed by atoms with E-state index in [9.17, 15) is 14.4 Å². The van der Waals surface area contributed by atoms with Crippen molar-refractivity contribution in [2.45, 2.75) is 38.8 Å². The summed E-state index contributed by atoms with van der Waals surface area (Å²) in [6.45, 7) is 1.74. The maximum atomic E-state index is 11.9. The molecule has 0 aliphatic rings. The third-order valence-electron chi connectivity index (χ3n) is 3.75. The largest absolute Gasteiger partial charge is 0.496 e. The van der Waals surface area contributed by atoms with Gasteiger partial charge in [0.15, 0.2) is 0 Å². The van der Waals surface area contributed by atoms with Gasteiger partial charge >= 0.3 is 12.0 Å². The van der Waals surface area contributed by atoms with Gasteiger partial charge in [0.2, 0.25) is 11.8 Å². The maximum absolute atomic E-state index is 11.9. The fourth-order valence-electron chi connectivity index (χ4n) is 2.37. The van der Waals surface area contributed by atoms with Crippen LogP contribution in [0, 0.1) is 0 Å². The number of para-hydroxylation sites is 1. The minimum absolute atomic E-state index is 0.0386. The predicted octanol–water partition coefficient (Wildman–Crippen LogP) is 0.618. The van der Waals surface area contributed by atoms with Gasteiger partial charge in [-0.3, -0.25) is 4.79 Å². The number of carboxylic acid groups (broad SMARTS) is 1. The minimum atomic E-state index is -1.10. The van der Waals surface area contributed by atoms with E-state index in [1.54, 1.807) is 12.1 Å². The van der Waals surface area contributed by atoms with Crippen LogP contribution < -0.4 is 26.8 Å². The van der Waals surface area contributed by atoms with E-state index in [0.29, 0.717) is 37.1 Å². The highest BCUT2D eigenvalue weighted by molar-refractivity contribution is 5.82. The second-order valence-corrected chi connectivity index (χ2v) is 6.31. The van der Waals surface area contributed by atoms with Crippen molar-refractivity contribution >= 4 is 17.9 Å². The Morgan fingerprint density at radius 3 is 2.52 bits per heavy atom. The Labute approximate surface area is 179 Å². The molecule has 1 atom stereocenters.